The Morgan fingerprint density at radius 3 is 2.67 bits per heavy atom. The first-order valence-corrected chi connectivity index (χ1v) is 10.2. The fraction of sp³-hybridized carbons (Fsp3) is 0.526. The van der Waals surface area contributed by atoms with E-state index in [9.17, 15) is 0 Å². The summed E-state index contributed by atoms with van der Waals surface area (Å²) in [5, 5.41) is 0. The van der Waals surface area contributed by atoms with Crippen molar-refractivity contribution in [1.82, 2.24) is 0 Å². The number of hydrogen-bond acceptors (Lipinski definition) is 1. The van der Waals surface area contributed by atoms with Gasteiger partial charge in [0.2, 0.25) is 0 Å². The Balaban J connectivity index is 1.83. The zero-order valence-corrected chi connectivity index (χ0v) is 14.7. The van der Waals surface area contributed by atoms with Crippen molar-refractivity contribution in [2.75, 3.05) is 0 Å². The van der Waals surface area contributed by atoms with Gasteiger partial charge in [0.05, 0.1) is 0 Å². The van der Waals surface area contributed by atoms with E-state index in [1.807, 2.05) is 0 Å². The van der Waals surface area contributed by atoms with Crippen LogP contribution < -0.4 is 0 Å². The van der Waals surface area contributed by atoms with Crippen molar-refractivity contribution < 1.29 is 0 Å². The summed E-state index contributed by atoms with van der Waals surface area (Å²) in [7, 11) is 0. The van der Waals surface area contributed by atoms with Gasteiger partial charge in [0, 0.05) is 0 Å². The molecule has 0 spiro atoms. The third-order valence-corrected chi connectivity index (χ3v) is 6.75. The minimum absolute atomic E-state index is 0.425. The van der Waals surface area contributed by atoms with Gasteiger partial charge in [-0.2, -0.15) is 0 Å². The molecule has 0 amide bonds. The van der Waals surface area contributed by atoms with Gasteiger partial charge in [-0.15, -0.1) is 0 Å². The summed E-state index contributed by atoms with van der Waals surface area (Å²) in [5.41, 5.74) is 2.88. The maximum absolute atomic E-state index is 5.16. The zero-order valence-electron chi connectivity index (χ0n) is 13.0. The Labute approximate surface area is 135 Å². The molecule has 2 aliphatic rings. The molecule has 112 valence electrons. The predicted octanol–water partition coefficient (Wildman–Crippen LogP) is 5.01. The topological polar surface area (TPSA) is 12.4 Å². The van der Waals surface area contributed by atoms with Crippen LogP contribution in [0.3, 0.4) is 0 Å². The summed E-state index contributed by atoms with van der Waals surface area (Å²) >= 11 is 0.425. The Bertz CT molecular complexity index is 538. The van der Waals surface area contributed by atoms with E-state index in [-0.39, 0.29) is 0 Å². The summed E-state index contributed by atoms with van der Waals surface area (Å²) in [6, 6.07) is 9.50. The molecule has 1 heterocycles. The van der Waals surface area contributed by atoms with Crippen LogP contribution in [-0.2, 0) is 0 Å². The van der Waals surface area contributed by atoms with E-state index in [0.717, 1.165) is 0 Å². The van der Waals surface area contributed by atoms with E-state index in [1.165, 1.54) is 67.1 Å². The van der Waals surface area contributed by atoms with Gasteiger partial charge in [-0.05, 0) is 0 Å². The first-order valence-electron chi connectivity index (χ1n) is 8.44. The van der Waals surface area contributed by atoms with E-state index in [4.69, 9.17) is 4.99 Å². The van der Waals surface area contributed by atoms with E-state index in [0.29, 0.717) is 21.0 Å². The van der Waals surface area contributed by atoms with Gasteiger partial charge in [-0.25, -0.2) is 0 Å². The molecule has 0 aromatic heterocycles. The summed E-state index contributed by atoms with van der Waals surface area (Å²) in [5.74, 6) is 0. The number of unbranched alkanes of at least 4 members (excludes halogenated alkanes) is 2. The van der Waals surface area contributed by atoms with Gasteiger partial charge >= 0.3 is 135 Å². The number of hydrogen-bond donors (Lipinski definition) is 0. The summed E-state index contributed by atoms with van der Waals surface area (Å²) in [4.78, 5) is 5.16. The first-order chi connectivity index (χ1) is 10.4. The number of benzene rings is 1. The zero-order chi connectivity index (χ0) is 14.5. The third kappa shape index (κ3) is 3.67. The quantitative estimate of drug-likeness (QED) is 0.536. The molecule has 1 aliphatic carbocycles. The van der Waals surface area contributed by atoms with Crippen molar-refractivity contribution in [3.63, 3.8) is 0 Å². The number of nitrogens with zero attached hydrogens (tertiary/aromatic N) is 1. The fourth-order valence-electron chi connectivity index (χ4n) is 3.16. The normalized spacial score (nSPS) is 22.9. The summed E-state index contributed by atoms with van der Waals surface area (Å²) in [6.45, 7) is 2.27. The van der Waals surface area contributed by atoms with E-state index < -0.39 is 0 Å². The van der Waals surface area contributed by atoms with Crippen LogP contribution in [0.15, 0.2) is 35.3 Å². The summed E-state index contributed by atoms with van der Waals surface area (Å²) < 4.78 is 2.98. The molecule has 21 heavy (non-hydrogen) atoms. The van der Waals surface area contributed by atoms with Crippen LogP contribution in [0.25, 0.3) is 4.47 Å². The van der Waals surface area contributed by atoms with E-state index in [1.54, 1.807) is 4.47 Å². The Morgan fingerprint density at radius 1 is 1.14 bits per heavy atom. The van der Waals surface area contributed by atoms with Gasteiger partial charge in [0.1, 0.15) is 0 Å². The van der Waals surface area contributed by atoms with Gasteiger partial charge < -0.3 is 0 Å². The van der Waals surface area contributed by atoms with Crippen molar-refractivity contribution in [3.05, 3.63) is 41.5 Å². The third-order valence-electron chi connectivity index (χ3n) is 4.39. The van der Waals surface area contributed by atoms with Crippen molar-refractivity contribution in [1.29, 1.82) is 0 Å². The van der Waals surface area contributed by atoms with Gasteiger partial charge in [-0.1, -0.05) is 0 Å². The predicted molar refractivity (Wildman–Crippen MR) is 93.1 cm³/mol. The number of aliphatic imine (C=N–C) groups is 1. The molecule has 1 aromatic carbocycles. The first kappa shape index (κ1) is 15.1. The standard InChI is InChI=1S/C19H25NSe/c1-2-3-5-14-18-16-12-8-9-13-17(16)19(21-18)20-15-10-6-4-7-11-15/h8-9,12-15H,2-7,10-11H2,1H3/b18-14-,20-19?. The molecular weight excluding hydrogens is 321 g/mol. The molecule has 1 saturated carbocycles. The fourth-order valence-corrected chi connectivity index (χ4v) is 5.65. The van der Waals surface area contributed by atoms with Crippen molar-refractivity contribution in [2.45, 2.75) is 64.3 Å². The van der Waals surface area contributed by atoms with Crippen LogP contribution in [0, 0.1) is 0 Å². The molecule has 1 nitrogen and oxygen atoms in total. The van der Waals surface area contributed by atoms with Crippen molar-refractivity contribution >= 4 is 24.0 Å². The Hall–Kier alpha value is -0.851. The molecule has 2 heteroatoms. The van der Waals surface area contributed by atoms with Crippen LogP contribution in [0.5, 0.6) is 0 Å². The molecule has 0 bridgehead atoms. The van der Waals surface area contributed by atoms with Crippen molar-refractivity contribution in [3.8, 4) is 0 Å². The van der Waals surface area contributed by atoms with Gasteiger partial charge in [0.25, 0.3) is 0 Å². The molecule has 0 unspecified atom stereocenters. The van der Waals surface area contributed by atoms with Crippen LogP contribution >= 0.6 is 0 Å². The number of rotatable bonds is 4. The monoisotopic (exact) mass is 347 g/mol. The van der Waals surface area contributed by atoms with Crippen LogP contribution in [0.4, 0.5) is 0 Å². The van der Waals surface area contributed by atoms with Gasteiger partial charge in [-0.3, -0.25) is 0 Å². The SMILES string of the molecule is CCCC/C=C1\[Se]C(=NC2CCCCC2)c2ccccc21. The molecule has 3 rings (SSSR count). The second-order valence-electron chi connectivity index (χ2n) is 6.08. The molecule has 0 radical (unpaired) electrons. The second kappa shape index (κ2) is 7.42. The van der Waals surface area contributed by atoms with Crippen molar-refractivity contribution in [2.24, 2.45) is 4.99 Å². The molecule has 0 N–H and O–H groups in total. The van der Waals surface area contributed by atoms with Crippen LogP contribution in [0.1, 0.15) is 69.4 Å². The molecular formula is C19H25NSe. The van der Waals surface area contributed by atoms with Gasteiger partial charge in [0.15, 0.2) is 0 Å². The average Bonchev–Trinajstić information content (AvgIpc) is 2.87. The van der Waals surface area contributed by atoms with E-state index in [2.05, 4.69) is 37.3 Å². The second-order valence-corrected chi connectivity index (χ2v) is 8.25. The Morgan fingerprint density at radius 2 is 1.90 bits per heavy atom. The average molecular weight is 346 g/mol. The van der Waals surface area contributed by atoms with Crippen LogP contribution in [-0.4, -0.2) is 25.6 Å². The molecule has 1 fully saturated rings. The summed E-state index contributed by atoms with van der Waals surface area (Å²) in [6.07, 6.45) is 13.0. The molecule has 0 atom stereocenters. The number of allylic oxidation sites excluding steroid dienone is 1. The number of fused-ring (bicyclic) bond motifs is 1. The van der Waals surface area contributed by atoms with E-state index >= 15 is 0 Å². The minimum atomic E-state index is 0.425. The molecule has 1 aromatic rings. The van der Waals surface area contributed by atoms with Crippen LogP contribution in [0.2, 0.25) is 0 Å². The molecule has 1 aliphatic heterocycles. The Kier molecular flexibility index (Phi) is 5.32. The molecule has 0 saturated heterocycles. The maximum atomic E-state index is 5.16.